The number of aromatic carboxylic acids is 1. The topological polar surface area (TPSA) is 160 Å². The van der Waals surface area contributed by atoms with E-state index < -0.39 is 24.7 Å². The zero-order valence-corrected chi connectivity index (χ0v) is 14.5. The highest BCUT2D eigenvalue weighted by molar-refractivity contribution is 6.59. The number of amides is 2. The molecule has 3 rings (SSSR count). The Balaban J connectivity index is 1.69. The third kappa shape index (κ3) is 4.14. The first kappa shape index (κ1) is 19.0. The lowest BCUT2D eigenvalue weighted by Gasteiger charge is -2.40. The Labute approximate surface area is 154 Å². The number of carboxylic acids is 1. The van der Waals surface area contributed by atoms with Crippen molar-refractivity contribution in [1.82, 2.24) is 4.90 Å². The van der Waals surface area contributed by atoms with E-state index in [9.17, 15) is 29.5 Å². The molecule has 2 heterocycles. The number of nitrogens with two attached hydrogens (primary N) is 1. The van der Waals surface area contributed by atoms with Gasteiger partial charge in [-0.25, -0.2) is 4.79 Å². The number of carboxylic acid groups (broad SMARTS) is 1. The van der Waals surface area contributed by atoms with Crippen LogP contribution in [0, 0.1) is 0 Å². The summed E-state index contributed by atoms with van der Waals surface area (Å²) >= 11 is 0. The van der Waals surface area contributed by atoms with Crippen molar-refractivity contribution < 1.29 is 38.9 Å². The van der Waals surface area contributed by atoms with Gasteiger partial charge >= 0.3 is 12.7 Å². The lowest BCUT2D eigenvalue weighted by Crippen LogP contribution is -2.56. The molecule has 5 N–H and O–H groups in total. The molecule has 10 nitrogen and oxygen atoms in total. The SMILES string of the molecule is NC(=O)CCC(=O)N1CC(Oc2ccc3c(c2C(=O)O)O[B-](O)(O)CC3)C1. The molecule has 0 aromatic heterocycles. The predicted octanol–water partition coefficient (Wildman–Crippen LogP) is -0.902. The maximum Gasteiger partial charge on any atom is 0.430 e. The molecule has 1 aromatic rings. The number of carbonyl (C=O) groups is 3. The van der Waals surface area contributed by atoms with Crippen molar-refractivity contribution in [2.24, 2.45) is 5.73 Å². The van der Waals surface area contributed by atoms with E-state index in [1.807, 2.05) is 0 Å². The zero-order valence-electron chi connectivity index (χ0n) is 14.5. The van der Waals surface area contributed by atoms with E-state index in [-0.39, 0.29) is 61.6 Å². The highest BCUT2D eigenvalue weighted by Crippen LogP contribution is 2.38. The lowest BCUT2D eigenvalue weighted by atomic mass is 9.70. The summed E-state index contributed by atoms with van der Waals surface area (Å²) in [5.41, 5.74) is 5.29. The zero-order chi connectivity index (χ0) is 19.8. The molecule has 0 aliphatic carbocycles. The van der Waals surface area contributed by atoms with Crippen LogP contribution in [0.5, 0.6) is 11.5 Å². The Kier molecular flexibility index (Phi) is 4.98. The van der Waals surface area contributed by atoms with Gasteiger partial charge in [-0.1, -0.05) is 12.4 Å². The smallest absolute Gasteiger partial charge is 0.430 e. The first-order valence-corrected chi connectivity index (χ1v) is 8.57. The molecule has 27 heavy (non-hydrogen) atoms. The second kappa shape index (κ2) is 7.08. The highest BCUT2D eigenvalue weighted by atomic mass is 16.6. The number of rotatable bonds is 6. The van der Waals surface area contributed by atoms with E-state index >= 15 is 0 Å². The molecule has 2 aliphatic heterocycles. The van der Waals surface area contributed by atoms with Gasteiger partial charge in [0.25, 0.3) is 0 Å². The number of carbonyl (C=O) groups excluding carboxylic acids is 2. The van der Waals surface area contributed by atoms with Gasteiger partial charge in [-0.15, -0.1) is 0 Å². The number of primary amides is 1. The molecule has 1 aromatic carbocycles. The molecule has 0 spiro atoms. The average Bonchev–Trinajstić information content (AvgIpc) is 2.53. The van der Waals surface area contributed by atoms with Crippen LogP contribution in [0.4, 0.5) is 0 Å². The Morgan fingerprint density at radius 2 is 1.96 bits per heavy atom. The third-order valence-corrected chi connectivity index (χ3v) is 4.59. The minimum Gasteiger partial charge on any atom is -0.669 e. The molecule has 0 radical (unpaired) electrons. The summed E-state index contributed by atoms with van der Waals surface area (Å²) in [6, 6.07) is 3.12. The van der Waals surface area contributed by atoms with Gasteiger partial charge in [-0.2, -0.15) is 0 Å². The fourth-order valence-corrected chi connectivity index (χ4v) is 3.12. The van der Waals surface area contributed by atoms with Crippen LogP contribution in [-0.2, 0) is 16.0 Å². The van der Waals surface area contributed by atoms with Crippen molar-refractivity contribution in [1.29, 1.82) is 0 Å². The summed E-state index contributed by atoms with van der Waals surface area (Å²) in [6.45, 7) is -2.60. The summed E-state index contributed by atoms with van der Waals surface area (Å²) in [6.07, 6.45) is -0.170. The van der Waals surface area contributed by atoms with Crippen LogP contribution in [0.1, 0.15) is 28.8 Å². The van der Waals surface area contributed by atoms with Crippen molar-refractivity contribution in [2.45, 2.75) is 31.7 Å². The maximum absolute atomic E-state index is 11.9. The quantitative estimate of drug-likeness (QED) is 0.463. The van der Waals surface area contributed by atoms with E-state index in [0.717, 1.165) is 0 Å². The molecule has 0 saturated carbocycles. The molecule has 2 amide bonds. The van der Waals surface area contributed by atoms with Crippen LogP contribution in [0.2, 0.25) is 6.32 Å². The van der Waals surface area contributed by atoms with Gasteiger partial charge in [-0.3, -0.25) is 9.59 Å². The van der Waals surface area contributed by atoms with Crippen LogP contribution in [0.15, 0.2) is 12.1 Å². The number of fused-ring (bicyclic) bond motifs is 1. The Hall–Kier alpha value is -2.79. The molecule has 1 saturated heterocycles. The number of aryl methyl sites for hydroxylation is 1. The molecular formula is C16H20BN2O8-. The fourth-order valence-electron chi connectivity index (χ4n) is 3.12. The largest absolute Gasteiger partial charge is 0.669 e. The number of ether oxygens (including phenoxy) is 1. The van der Waals surface area contributed by atoms with E-state index in [1.54, 1.807) is 6.07 Å². The summed E-state index contributed by atoms with van der Waals surface area (Å²) < 4.78 is 10.8. The number of hydrogen-bond donors (Lipinski definition) is 4. The van der Waals surface area contributed by atoms with Gasteiger partial charge in [0.1, 0.15) is 17.4 Å². The number of benzene rings is 1. The van der Waals surface area contributed by atoms with Crippen LogP contribution in [-0.4, -0.2) is 63.8 Å². The van der Waals surface area contributed by atoms with E-state index in [4.69, 9.17) is 15.1 Å². The van der Waals surface area contributed by atoms with Crippen molar-refractivity contribution in [3.05, 3.63) is 23.3 Å². The van der Waals surface area contributed by atoms with Gasteiger partial charge in [0.2, 0.25) is 11.8 Å². The van der Waals surface area contributed by atoms with Gasteiger partial charge in [0.05, 0.1) is 18.8 Å². The minimum absolute atomic E-state index is 0.0166. The van der Waals surface area contributed by atoms with E-state index in [0.29, 0.717) is 5.56 Å². The number of nitrogens with zero attached hydrogens (tertiary/aromatic N) is 1. The molecule has 146 valence electrons. The molecule has 1 fully saturated rings. The Morgan fingerprint density at radius 3 is 2.59 bits per heavy atom. The van der Waals surface area contributed by atoms with Crippen LogP contribution < -0.4 is 15.1 Å². The first-order valence-electron chi connectivity index (χ1n) is 8.57. The molecule has 0 unspecified atom stereocenters. The van der Waals surface area contributed by atoms with Crippen LogP contribution in [0.25, 0.3) is 0 Å². The normalized spacial score (nSPS) is 18.1. The second-order valence-electron chi connectivity index (χ2n) is 6.75. The average molecular weight is 379 g/mol. The van der Waals surface area contributed by atoms with Crippen molar-refractivity contribution in [2.75, 3.05) is 13.1 Å². The second-order valence-corrected chi connectivity index (χ2v) is 6.75. The van der Waals surface area contributed by atoms with E-state index in [2.05, 4.69) is 0 Å². The maximum atomic E-state index is 11.9. The Morgan fingerprint density at radius 1 is 1.26 bits per heavy atom. The van der Waals surface area contributed by atoms with Crippen molar-refractivity contribution in [3.8, 4) is 11.5 Å². The summed E-state index contributed by atoms with van der Waals surface area (Å²) in [5.74, 6) is -2.17. The predicted molar refractivity (Wildman–Crippen MR) is 92.2 cm³/mol. The van der Waals surface area contributed by atoms with Crippen LogP contribution in [0.3, 0.4) is 0 Å². The van der Waals surface area contributed by atoms with Crippen molar-refractivity contribution in [3.63, 3.8) is 0 Å². The summed E-state index contributed by atoms with van der Waals surface area (Å²) in [4.78, 5) is 35.8. The molecule has 11 heteroatoms. The van der Waals surface area contributed by atoms with Gasteiger partial charge in [0.15, 0.2) is 0 Å². The van der Waals surface area contributed by atoms with Crippen LogP contribution >= 0.6 is 0 Å². The standard InChI is InChI=1S/C16H20BN2O8/c18-12(20)3-4-13(21)19-7-10(8-19)26-11-2-1-9-5-6-17(24,25)27-15(9)14(11)16(22)23/h1-2,10,24-25H,3-8H2,(H2,18,20)(H,22,23)/q-1. The molecular weight excluding hydrogens is 359 g/mol. The third-order valence-electron chi connectivity index (χ3n) is 4.59. The van der Waals surface area contributed by atoms with Gasteiger partial charge in [-0.05, 0) is 18.1 Å². The molecule has 0 bridgehead atoms. The summed E-state index contributed by atoms with van der Waals surface area (Å²) in [5, 5.41) is 29.0. The number of hydrogen-bond acceptors (Lipinski definition) is 7. The number of likely N-dealkylation sites (tertiary alicyclic amines) is 1. The monoisotopic (exact) mass is 379 g/mol. The minimum atomic E-state index is -3.11. The van der Waals surface area contributed by atoms with Gasteiger partial charge < -0.3 is 35.2 Å². The Bertz CT molecular complexity index is 791. The molecule has 0 atom stereocenters. The molecule has 2 aliphatic rings. The lowest BCUT2D eigenvalue weighted by molar-refractivity contribution is -0.141. The van der Waals surface area contributed by atoms with Gasteiger partial charge in [0, 0.05) is 12.8 Å². The van der Waals surface area contributed by atoms with E-state index in [1.165, 1.54) is 11.0 Å². The fraction of sp³-hybridized carbons (Fsp3) is 0.438. The highest BCUT2D eigenvalue weighted by Gasteiger charge is 2.36. The van der Waals surface area contributed by atoms with Crippen molar-refractivity contribution >= 4 is 24.5 Å². The first-order chi connectivity index (χ1) is 12.7. The summed E-state index contributed by atoms with van der Waals surface area (Å²) in [7, 11) is 0.